The third-order valence-corrected chi connectivity index (χ3v) is 8.71. The molecule has 1 fully saturated rings. The van der Waals surface area contributed by atoms with Gasteiger partial charge in [0.25, 0.3) is 0 Å². The van der Waals surface area contributed by atoms with Gasteiger partial charge in [-0.05, 0) is 53.5 Å². The van der Waals surface area contributed by atoms with Gasteiger partial charge in [-0.2, -0.15) is 4.98 Å². The molecule has 1 saturated heterocycles. The van der Waals surface area contributed by atoms with E-state index in [1.807, 2.05) is 31.3 Å². The summed E-state index contributed by atoms with van der Waals surface area (Å²) in [6, 6.07) is 7.98. The minimum atomic E-state index is -0.495. The van der Waals surface area contributed by atoms with Gasteiger partial charge >= 0.3 is 0 Å². The Morgan fingerprint density at radius 3 is 2.60 bits per heavy atom. The van der Waals surface area contributed by atoms with Crippen molar-refractivity contribution in [3.63, 3.8) is 0 Å². The van der Waals surface area contributed by atoms with Crippen molar-refractivity contribution in [3.05, 3.63) is 59.0 Å². The molecular formula is C29H33BrN9O2P. The maximum Gasteiger partial charge on any atom is 0.229 e. The van der Waals surface area contributed by atoms with Gasteiger partial charge < -0.3 is 35.7 Å². The Balaban J connectivity index is 1.52. The number of halogens is 1. The van der Waals surface area contributed by atoms with Crippen molar-refractivity contribution in [1.82, 2.24) is 25.3 Å². The summed E-state index contributed by atoms with van der Waals surface area (Å²) in [5.74, 6) is 1.64. The Bertz CT molecular complexity index is 1630. The molecule has 11 nitrogen and oxygen atoms in total. The number of ether oxygens (including phenoxy) is 2. The van der Waals surface area contributed by atoms with E-state index in [0.29, 0.717) is 36.4 Å². The highest BCUT2D eigenvalue weighted by atomic mass is 79.9. The Kier molecular flexibility index (Phi) is 9.46. The number of aromatic nitrogens is 4. The summed E-state index contributed by atoms with van der Waals surface area (Å²) < 4.78 is 12.1. The van der Waals surface area contributed by atoms with Crippen LogP contribution in [0.2, 0.25) is 0 Å². The summed E-state index contributed by atoms with van der Waals surface area (Å²) in [5, 5.41) is 18.9. The van der Waals surface area contributed by atoms with E-state index in [-0.39, 0.29) is 0 Å². The first kappa shape index (κ1) is 29.6. The van der Waals surface area contributed by atoms with E-state index in [4.69, 9.17) is 19.9 Å². The van der Waals surface area contributed by atoms with Crippen LogP contribution in [0.3, 0.4) is 0 Å². The molecule has 5 rings (SSSR count). The number of morpholine rings is 1. The zero-order valence-electron chi connectivity index (χ0n) is 23.9. The van der Waals surface area contributed by atoms with E-state index in [0.717, 1.165) is 56.5 Å². The van der Waals surface area contributed by atoms with Gasteiger partial charge in [-0.15, -0.1) is 0 Å². The van der Waals surface area contributed by atoms with Crippen LogP contribution in [0.4, 0.5) is 28.8 Å². The van der Waals surface area contributed by atoms with E-state index in [1.54, 1.807) is 31.8 Å². The van der Waals surface area contributed by atoms with E-state index in [9.17, 15) is 0 Å². The summed E-state index contributed by atoms with van der Waals surface area (Å²) in [6.07, 6.45) is 8.14. The van der Waals surface area contributed by atoms with Crippen LogP contribution in [-0.4, -0.2) is 79.9 Å². The number of anilines is 5. The van der Waals surface area contributed by atoms with Crippen molar-refractivity contribution in [2.45, 2.75) is 0 Å². The lowest BCUT2D eigenvalue weighted by Gasteiger charge is -2.32. The number of rotatable bonds is 10. The monoisotopic (exact) mass is 649 g/mol. The summed E-state index contributed by atoms with van der Waals surface area (Å²) in [7, 11) is 2.99. The first-order valence-electron chi connectivity index (χ1n) is 13.3. The third kappa shape index (κ3) is 6.30. The predicted molar refractivity (Wildman–Crippen MR) is 176 cm³/mol. The Morgan fingerprint density at radius 2 is 1.88 bits per heavy atom. The number of hydrogen-bond acceptors (Lipinski definition) is 11. The van der Waals surface area contributed by atoms with Gasteiger partial charge in [0.1, 0.15) is 11.6 Å². The molecule has 0 unspecified atom stereocenters. The minimum Gasteiger partial charge on any atom is -0.494 e. The van der Waals surface area contributed by atoms with Crippen molar-refractivity contribution in [1.29, 1.82) is 5.41 Å². The Hall–Kier alpha value is -3.86. The summed E-state index contributed by atoms with van der Waals surface area (Å²) in [4.78, 5) is 20.7. The molecule has 4 aromatic rings. The highest BCUT2D eigenvalue weighted by molar-refractivity contribution is 9.10. The highest BCUT2D eigenvalue weighted by Crippen LogP contribution is 2.39. The van der Waals surface area contributed by atoms with Gasteiger partial charge in [-0.1, -0.05) is 7.92 Å². The number of fused-ring (bicyclic) bond motifs is 1. The molecule has 0 spiro atoms. The first-order chi connectivity index (χ1) is 20.4. The molecule has 2 aromatic carbocycles. The number of benzene rings is 2. The number of nitrogens with one attached hydrogen (secondary N) is 4. The van der Waals surface area contributed by atoms with E-state index in [2.05, 4.69) is 65.1 Å². The molecule has 4 N–H and O–H groups in total. The fourth-order valence-electron chi connectivity index (χ4n) is 4.85. The lowest BCUT2D eigenvalue weighted by molar-refractivity contribution is 0.122. The smallest absolute Gasteiger partial charge is 0.229 e. The highest BCUT2D eigenvalue weighted by Gasteiger charge is 2.21. The number of nitrogens with zero attached hydrogens (tertiary/aromatic N) is 5. The Morgan fingerprint density at radius 1 is 1.10 bits per heavy atom. The molecule has 0 aliphatic carbocycles. The lowest BCUT2D eigenvalue weighted by Crippen LogP contribution is -2.37. The quantitative estimate of drug-likeness (QED) is 0.136. The Labute approximate surface area is 254 Å². The van der Waals surface area contributed by atoms with Gasteiger partial charge in [0.15, 0.2) is 0 Å². The van der Waals surface area contributed by atoms with Crippen LogP contribution in [0.25, 0.3) is 16.7 Å². The zero-order chi connectivity index (χ0) is 29.6. The van der Waals surface area contributed by atoms with Crippen LogP contribution in [-0.2, 0) is 4.74 Å². The molecule has 1 aliphatic rings. The molecule has 218 valence electrons. The third-order valence-electron chi connectivity index (χ3n) is 6.78. The fraction of sp³-hybridized carbons (Fsp3) is 0.276. The molecule has 3 heterocycles. The lowest BCUT2D eigenvalue weighted by atomic mass is 10.1. The molecule has 0 saturated carbocycles. The van der Waals surface area contributed by atoms with Crippen LogP contribution in [0.15, 0.2) is 53.4 Å². The SMILES string of the molecule is CN/C(=C\C=N)c1cc(Nc2ncc(Br)c(Nc3ccc4nccnc4c3P(C)C)n2)c(OC)cc1N1CCOCC1. The summed E-state index contributed by atoms with van der Waals surface area (Å²) in [5.41, 5.74) is 6.08. The summed E-state index contributed by atoms with van der Waals surface area (Å²) in [6.45, 7) is 7.21. The second-order valence-electron chi connectivity index (χ2n) is 9.59. The van der Waals surface area contributed by atoms with Crippen molar-refractivity contribution < 1.29 is 9.47 Å². The molecule has 0 amide bonds. The molecule has 13 heteroatoms. The number of allylic oxidation sites excluding steroid dienone is 1. The average Bonchev–Trinajstić information content (AvgIpc) is 3.01. The number of hydrogen-bond donors (Lipinski definition) is 4. The predicted octanol–water partition coefficient (Wildman–Crippen LogP) is 5.09. The van der Waals surface area contributed by atoms with Crippen molar-refractivity contribution in [2.24, 2.45) is 0 Å². The van der Waals surface area contributed by atoms with Crippen LogP contribution in [0, 0.1) is 5.41 Å². The van der Waals surface area contributed by atoms with Gasteiger partial charge in [0, 0.05) is 73.3 Å². The zero-order valence-corrected chi connectivity index (χ0v) is 26.4. The van der Waals surface area contributed by atoms with Gasteiger partial charge in [-0.25, -0.2) is 4.98 Å². The average molecular weight is 651 g/mol. The van der Waals surface area contributed by atoms with Crippen molar-refractivity contribution in [2.75, 3.05) is 69.3 Å². The second-order valence-corrected chi connectivity index (χ2v) is 12.7. The maximum atomic E-state index is 7.68. The van der Waals surface area contributed by atoms with Crippen molar-refractivity contribution >= 4 is 80.9 Å². The van der Waals surface area contributed by atoms with E-state index >= 15 is 0 Å². The fourth-order valence-corrected chi connectivity index (χ4v) is 6.35. The second kappa shape index (κ2) is 13.4. The molecule has 2 aromatic heterocycles. The van der Waals surface area contributed by atoms with E-state index < -0.39 is 7.92 Å². The van der Waals surface area contributed by atoms with E-state index in [1.165, 1.54) is 6.21 Å². The van der Waals surface area contributed by atoms with Crippen LogP contribution in [0.1, 0.15) is 5.56 Å². The molecular weight excluding hydrogens is 617 g/mol. The van der Waals surface area contributed by atoms with Crippen LogP contribution in [0.5, 0.6) is 5.75 Å². The largest absolute Gasteiger partial charge is 0.494 e. The molecule has 42 heavy (non-hydrogen) atoms. The number of methoxy groups -OCH3 is 1. The normalized spacial score (nSPS) is 13.8. The topological polar surface area (TPSA) is 133 Å². The van der Waals surface area contributed by atoms with Gasteiger partial charge in [0.2, 0.25) is 5.95 Å². The molecule has 1 aliphatic heterocycles. The standard InChI is InChI=1S/C29H33BrN9O2P/c1-32-20(7-8-31)18-15-23(25(40-2)16-24(18)39-11-13-41-14-12-39)37-29-35-17-19(30)28(38-29)36-22-6-5-21-26(27(22)42(3)4)34-10-9-33-21/h5-10,15-17,31-32H,11-14H2,1-4H3,(H2,35,36,37,38)/b20-7-,31-8?. The minimum absolute atomic E-state index is 0.392. The van der Waals surface area contributed by atoms with Crippen molar-refractivity contribution in [3.8, 4) is 5.75 Å². The van der Waals surface area contributed by atoms with Crippen LogP contribution >= 0.6 is 23.9 Å². The maximum absolute atomic E-state index is 7.68. The molecule has 0 radical (unpaired) electrons. The van der Waals surface area contributed by atoms with Gasteiger partial charge in [0.05, 0.1) is 47.2 Å². The van der Waals surface area contributed by atoms with Crippen LogP contribution < -0.4 is 30.9 Å². The molecule has 0 atom stereocenters. The van der Waals surface area contributed by atoms with Gasteiger partial charge in [-0.3, -0.25) is 9.97 Å². The first-order valence-corrected chi connectivity index (χ1v) is 16.4. The molecule has 0 bridgehead atoms. The summed E-state index contributed by atoms with van der Waals surface area (Å²) >= 11 is 3.61.